The van der Waals surface area contributed by atoms with Crippen LogP contribution in [0.15, 0.2) is 59.7 Å². The quantitative estimate of drug-likeness (QED) is 0.461. The van der Waals surface area contributed by atoms with Crippen molar-refractivity contribution < 1.29 is 13.5 Å². The molecule has 0 saturated carbocycles. The summed E-state index contributed by atoms with van der Waals surface area (Å²) in [4.78, 5) is 16.2. The van der Waals surface area contributed by atoms with E-state index in [1.165, 1.54) is 16.9 Å². The molecule has 0 atom stereocenters. The van der Waals surface area contributed by atoms with Crippen molar-refractivity contribution in [1.82, 2.24) is 14.6 Å². The molecule has 0 aliphatic rings. The van der Waals surface area contributed by atoms with Crippen LogP contribution in [0.4, 0.5) is 8.78 Å². The average molecular weight is 420 g/mol. The van der Waals surface area contributed by atoms with Crippen molar-refractivity contribution in [1.29, 1.82) is 0 Å². The van der Waals surface area contributed by atoms with E-state index in [4.69, 9.17) is 27.9 Å². The van der Waals surface area contributed by atoms with Gasteiger partial charge in [0.05, 0.1) is 21.1 Å². The number of benzene rings is 2. The lowest BCUT2D eigenvalue weighted by molar-refractivity contribution is 0.416. The Morgan fingerprint density at radius 1 is 1.04 bits per heavy atom. The lowest BCUT2D eigenvalue weighted by Crippen LogP contribution is -2.13. The zero-order valence-corrected chi connectivity index (χ0v) is 15.4. The standard InChI is InChI=1S/C19H9Cl2F2N3O2/c20-12-3-1-2-11(18(12)21)17-14-5-7-16(25-26(14)9-24-19(17)27)28-15-6-4-10(22)8-13(15)23/h1-9H. The van der Waals surface area contributed by atoms with Gasteiger partial charge in [0.15, 0.2) is 11.6 Å². The Morgan fingerprint density at radius 3 is 2.64 bits per heavy atom. The van der Waals surface area contributed by atoms with E-state index in [2.05, 4.69) is 10.1 Å². The number of fused-ring (bicyclic) bond motifs is 1. The number of hydrogen-bond acceptors (Lipinski definition) is 4. The van der Waals surface area contributed by atoms with Gasteiger partial charge in [0.1, 0.15) is 12.1 Å². The molecule has 140 valence electrons. The predicted molar refractivity (Wildman–Crippen MR) is 101 cm³/mol. The third-order valence-electron chi connectivity index (χ3n) is 3.92. The second kappa shape index (κ2) is 7.18. The van der Waals surface area contributed by atoms with E-state index < -0.39 is 17.2 Å². The van der Waals surface area contributed by atoms with Crippen molar-refractivity contribution in [2.45, 2.75) is 0 Å². The van der Waals surface area contributed by atoms with Crippen molar-refractivity contribution in [3.05, 3.63) is 86.9 Å². The van der Waals surface area contributed by atoms with E-state index in [0.717, 1.165) is 12.1 Å². The molecule has 4 rings (SSSR count). The van der Waals surface area contributed by atoms with Gasteiger partial charge in [-0.25, -0.2) is 13.3 Å². The van der Waals surface area contributed by atoms with Gasteiger partial charge in [-0.05, 0) is 24.3 Å². The highest BCUT2D eigenvalue weighted by molar-refractivity contribution is 6.43. The first kappa shape index (κ1) is 18.3. The van der Waals surface area contributed by atoms with Gasteiger partial charge in [-0.1, -0.05) is 35.3 Å². The molecular weight excluding hydrogens is 411 g/mol. The third-order valence-corrected chi connectivity index (χ3v) is 4.74. The fourth-order valence-electron chi connectivity index (χ4n) is 2.66. The van der Waals surface area contributed by atoms with Crippen LogP contribution in [0, 0.1) is 11.6 Å². The minimum absolute atomic E-state index is 0.0200. The van der Waals surface area contributed by atoms with Crippen LogP contribution in [0.2, 0.25) is 10.0 Å². The first-order valence-corrected chi connectivity index (χ1v) is 8.65. The maximum absolute atomic E-state index is 13.8. The molecule has 2 heterocycles. The summed E-state index contributed by atoms with van der Waals surface area (Å²) in [5.74, 6) is -1.76. The van der Waals surface area contributed by atoms with Gasteiger partial charge in [-0.2, -0.15) is 4.98 Å². The van der Waals surface area contributed by atoms with E-state index in [1.807, 2.05) is 0 Å². The summed E-state index contributed by atoms with van der Waals surface area (Å²) in [7, 11) is 0. The van der Waals surface area contributed by atoms with Crippen LogP contribution in [0.25, 0.3) is 16.6 Å². The van der Waals surface area contributed by atoms with Gasteiger partial charge >= 0.3 is 0 Å². The molecule has 5 nitrogen and oxygen atoms in total. The largest absolute Gasteiger partial charge is 0.434 e. The SMILES string of the molecule is O=c1ncn2nc(Oc3ccc(F)cc3F)ccc2c1-c1cccc(Cl)c1Cl. The first-order valence-electron chi connectivity index (χ1n) is 7.90. The third kappa shape index (κ3) is 3.30. The minimum Gasteiger partial charge on any atom is -0.434 e. The van der Waals surface area contributed by atoms with Crippen LogP contribution >= 0.6 is 23.2 Å². The second-order valence-corrected chi connectivity index (χ2v) is 6.49. The Balaban J connectivity index is 1.83. The van der Waals surface area contributed by atoms with E-state index in [-0.39, 0.29) is 22.2 Å². The highest BCUT2D eigenvalue weighted by Gasteiger charge is 2.16. The molecule has 2 aromatic heterocycles. The van der Waals surface area contributed by atoms with Crippen LogP contribution in [0.5, 0.6) is 11.6 Å². The molecule has 4 aromatic rings. The molecule has 0 amide bonds. The van der Waals surface area contributed by atoms with E-state index in [0.29, 0.717) is 22.2 Å². The Labute approximate surface area is 166 Å². The average Bonchev–Trinajstić information content (AvgIpc) is 2.67. The molecule has 9 heteroatoms. The lowest BCUT2D eigenvalue weighted by atomic mass is 10.1. The summed E-state index contributed by atoms with van der Waals surface area (Å²) in [6, 6.07) is 10.8. The second-order valence-electron chi connectivity index (χ2n) is 5.70. The van der Waals surface area contributed by atoms with E-state index >= 15 is 0 Å². The molecule has 0 spiro atoms. The number of halogens is 4. The smallest absolute Gasteiger partial charge is 0.281 e. The highest BCUT2D eigenvalue weighted by Crippen LogP contribution is 2.34. The first-order chi connectivity index (χ1) is 13.4. The fraction of sp³-hybridized carbons (Fsp3) is 0. The molecule has 28 heavy (non-hydrogen) atoms. The summed E-state index contributed by atoms with van der Waals surface area (Å²) in [6.45, 7) is 0. The van der Waals surface area contributed by atoms with Crippen molar-refractivity contribution in [2.24, 2.45) is 0 Å². The lowest BCUT2D eigenvalue weighted by Gasteiger charge is -2.11. The number of rotatable bonds is 3. The fourth-order valence-corrected chi connectivity index (χ4v) is 3.06. The molecule has 0 bridgehead atoms. The predicted octanol–water partition coefficient (Wildman–Crippen LogP) is 5.13. The summed E-state index contributed by atoms with van der Waals surface area (Å²) in [6.07, 6.45) is 1.20. The molecule has 0 unspecified atom stereocenters. The summed E-state index contributed by atoms with van der Waals surface area (Å²) in [5.41, 5.74) is 0.507. The Kier molecular flexibility index (Phi) is 4.70. The van der Waals surface area contributed by atoms with Crippen molar-refractivity contribution >= 4 is 28.7 Å². The highest BCUT2D eigenvalue weighted by atomic mass is 35.5. The van der Waals surface area contributed by atoms with Gasteiger partial charge in [0, 0.05) is 17.7 Å². The van der Waals surface area contributed by atoms with Crippen LogP contribution in [-0.2, 0) is 0 Å². The molecular formula is C19H9Cl2F2N3O2. The topological polar surface area (TPSA) is 56.5 Å². The number of hydrogen-bond donors (Lipinski definition) is 0. The Morgan fingerprint density at radius 2 is 1.86 bits per heavy atom. The van der Waals surface area contributed by atoms with Crippen molar-refractivity contribution in [2.75, 3.05) is 0 Å². The van der Waals surface area contributed by atoms with Crippen LogP contribution in [0.3, 0.4) is 0 Å². The summed E-state index contributed by atoms with van der Waals surface area (Å²) in [5, 5.41) is 4.67. The number of aromatic nitrogens is 3. The van der Waals surface area contributed by atoms with Crippen molar-refractivity contribution in [3.8, 4) is 22.8 Å². The van der Waals surface area contributed by atoms with Gasteiger partial charge in [-0.3, -0.25) is 4.79 Å². The normalized spacial score (nSPS) is 11.0. The zero-order chi connectivity index (χ0) is 19.8. The van der Waals surface area contributed by atoms with Gasteiger partial charge in [-0.15, -0.1) is 5.10 Å². The molecule has 0 radical (unpaired) electrons. The van der Waals surface area contributed by atoms with Crippen molar-refractivity contribution in [3.63, 3.8) is 0 Å². The summed E-state index contributed by atoms with van der Waals surface area (Å²) >= 11 is 12.3. The molecule has 2 aromatic carbocycles. The molecule has 0 saturated heterocycles. The molecule has 0 aliphatic carbocycles. The van der Waals surface area contributed by atoms with Crippen LogP contribution in [0.1, 0.15) is 0 Å². The van der Waals surface area contributed by atoms with E-state index in [9.17, 15) is 13.6 Å². The molecule has 0 fully saturated rings. The Hall–Kier alpha value is -3.03. The summed E-state index contributed by atoms with van der Waals surface area (Å²) < 4.78 is 33.5. The number of nitrogens with zero attached hydrogens (tertiary/aromatic N) is 3. The van der Waals surface area contributed by atoms with Gasteiger partial charge in [0.25, 0.3) is 5.56 Å². The number of ether oxygens (including phenoxy) is 1. The van der Waals surface area contributed by atoms with Gasteiger partial charge in [0.2, 0.25) is 5.88 Å². The van der Waals surface area contributed by atoms with Gasteiger partial charge < -0.3 is 4.74 Å². The van der Waals surface area contributed by atoms with Crippen LogP contribution in [-0.4, -0.2) is 14.6 Å². The monoisotopic (exact) mass is 419 g/mol. The minimum atomic E-state index is -0.869. The zero-order valence-electron chi connectivity index (χ0n) is 13.9. The maximum Gasteiger partial charge on any atom is 0.281 e. The Bertz CT molecular complexity index is 1280. The van der Waals surface area contributed by atoms with Crippen LogP contribution < -0.4 is 10.3 Å². The molecule has 0 N–H and O–H groups in total. The maximum atomic E-state index is 13.8. The molecule has 0 aliphatic heterocycles. The van der Waals surface area contributed by atoms with E-state index in [1.54, 1.807) is 24.3 Å².